The molecule has 8 heteroatoms. The van der Waals surface area contributed by atoms with Gasteiger partial charge < -0.3 is 10.6 Å². The van der Waals surface area contributed by atoms with Gasteiger partial charge in [0, 0.05) is 25.2 Å². The number of nitrogens with zero attached hydrogens (tertiary/aromatic N) is 3. The summed E-state index contributed by atoms with van der Waals surface area (Å²) in [6.07, 6.45) is 2.73. The molecule has 0 fully saturated rings. The summed E-state index contributed by atoms with van der Waals surface area (Å²) in [4.78, 5) is 10.5. The second-order valence-corrected chi connectivity index (χ2v) is 9.96. The predicted octanol–water partition coefficient (Wildman–Crippen LogP) is 3.19. The Hall–Kier alpha value is -2.19. The number of nitrogen functional groups attached to an aromatic ring is 1. The molecule has 0 aliphatic carbocycles. The lowest BCUT2D eigenvalue weighted by Crippen LogP contribution is -2.33. The van der Waals surface area contributed by atoms with E-state index in [-0.39, 0.29) is 23.9 Å². The smallest absolute Gasteiger partial charge is 0.264 e. The first-order chi connectivity index (χ1) is 12.9. The summed E-state index contributed by atoms with van der Waals surface area (Å²) < 4.78 is 27.2. The molecule has 7 nitrogen and oxygen atoms in total. The molecule has 0 aliphatic rings. The number of aromatic nitrogens is 2. The van der Waals surface area contributed by atoms with Gasteiger partial charge >= 0.3 is 0 Å². The number of hydrogen-bond donors (Lipinski definition) is 1. The van der Waals surface area contributed by atoms with Gasteiger partial charge in [-0.1, -0.05) is 52.0 Å². The summed E-state index contributed by atoms with van der Waals surface area (Å²) in [7, 11) is -3.43. The van der Waals surface area contributed by atoms with E-state index in [9.17, 15) is 8.42 Å². The van der Waals surface area contributed by atoms with Gasteiger partial charge in [0.25, 0.3) is 10.1 Å². The van der Waals surface area contributed by atoms with Crippen molar-refractivity contribution in [1.29, 1.82) is 0 Å². The van der Waals surface area contributed by atoms with Crippen molar-refractivity contribution in [2.45, 2.75) is 40.2 Å². The van der Waals surface area contributed by atoms with Crippen molar-refractivity contribution in [3.63, 3.8) is 0 Å². The molecule has 1 heterocycles. The van der Waals surface area contributed by atoms with Crippen LogP contribution in [0.2, 0.25) is 0 Å². The average molecular weight is 407 g/mol. The van der Waals surface area contributed by atoms with Gasteiger partial charge in [0.15, 0.2) is 0 Å². The van der Waals surface area contributed by atoms with Crippen LogP contribution in [0.25, 0.3) is 0 Å². The standard InChI is InChI=1S/C20H30N4O3S/c1-15(13-27-28(5,25)26)17-8-6-16(7-9-17)12-24(14-20(2,3)4)18-10-11-22-19(21)23-18/h6-11,15H,12-14H2,1-5H3,(H2,21,22,23)/t15-/m0/s1. The number of benzene rings is 1. The molecule has 0 saturated carbocycles. The van der Waals surface area contributed by atoms with E-state index in [1.165, 1.54) is 0 Å². The first-order valence-electron chi connectivity index (χ1n) is 9.20. The number of nitrogens with two attached hydrogens (primary N) is 1. The van der Waals surface area contributed by atoms with Crippen LogP contribution in [-0.2, 0) is 20.8 Å². The zero-order chi connectivity index (χ0) is 20.9. The molecule has 0 radical (unpaired) electrons. The van der Waals surface area contributed by atoms with Crippen LogP contribution in [0, 0.1) is 5.41 Å². The van der Waals surface area contributed by atoms with Gasteiger partial charge in [-0.2, -0.15) is 13.4 Å². The molecule has 2 N–H and O–H groups in total. The molecule has 2 rings (SSSR count). The van der Waals surface area contributed by atoms with E-state index in [2.05, 4.69) is 35.6 Å². The third-order valence-electron chi connectivity index (χ3n) is 4.10. The Morgan fingerprint density at radius 1 is 1.18 bits per heavy atom. The van der Waals surface area contributed by atoms with Gasteiger partial charge in [-0.15, -0.1) is 0 Å². The minimum Gasteiger partial charge on any atom is -0.368 e. The van der Waals surface area contributed by atoms with Crippen LogP contribution in [0.3, 0.4) is 0 Å². The molecule has 0 saturated heterocycles. The molecule has 28 heavy (non-hydrogen) atoms. The highest BCUT2D eigenvalue weighted by Crippen LogP contribution is 2.23. The first kappa shape index (κ1) is 22.1. The highest BCUT2D eigenvalue weighted by molar-refractivity contribution is 7.85. The Morgan fingerprint density at radius 2 is 1.82 bits per heavy atom. The molecular formula is C20H30N4O3S. The van der Waals surface area contributed by atoms with Crippen LogP contribution in [0.5, 0.6) is 0 Å². The fourth-order valence-electron chi connectivity index (χ4n) is 2.82. The molecule has 1 aromatic heterocycles. The van der Waals surface area contributed by atoms with Crippen LogP contribution in [0.4, 0.5) is 11.8 Å². The van der Waals surface area contributed by atoms with Crippen molar-refractivity contribution in [1.82, 2.24) is 9.97 Å². The van der Waals surface area contributed by atoms with Crippen LogP contribution in [0.15, 0.2) is 36.5 Å². The third-order valence-corrected chi connectivity index (χ3v) is 4.67. The van der Waals surface area contributed by atoms with Crippen LogP contribution >= 0.6 is 0 Å². The van der Waals surface area contributed by atoms with E-state index >= 15 is 0 Å². The summed E-state index contributed by atoms with van der Waals surface area (Å²) >= 11 is 0. The van der Waals surface area contributed by atoms with E-state index in [0.717, 1.165) is 29.7 Å². The van der Waals surface area contributed by atoms with Gasteiger partial charge in [0.1, 0.15) is 5.82 Å². The van der Waals surface area contributed by atoms with Crippen molar-refractivity contribution in [3.05, 3.63) is 47.7 Å². The lowest BCUT2D eigenvalue weighted by molar-refractivity contribution is 0.301. The van der Waals surface area contributed by atoms with E-state index in [4.69, 9.17) is 9.92 Å². The molecule has 0 bridgehead atoms. The summed E-state index contributed by atoms with van der Waals surface area (Å²) in [6, 6.07) is 9.98. The molecule has 154 valence electrons. The number of rotatable bonds is 8. The third kappa shape index (κ3) is 7.44. The van der Waals surface area contributed by atoms with Crippen molar-refractivity contribution in [2.75, 3.05) is 30.0 Å². The Morgan fingerprint density at radius 3 is 2.36 bits per heavy atom. The van der Waals surface area contributed by atoms with E-state index in [1.807, 2.05) is 37.3 Å². The van der Waals surface area contributed by atoms with Gasteiger partial charge in [0.2, 0.25) is 5.95 Å². The fourth-order valence-corrected chi connectivity index (χ4v) is 3.28. The van der Waals surface area contributed by atoms with Gasteiger partial charge in [-0.05, 0) is 22.6 Å². The summed E-state index contributed by atoms with van der Waals surface area (Å²) in [5, 5.41) is 0. The van der Waals surface area contributed by atoms with Gasteiger partial charge in [0.05, 0.1) is 12.9 Å². The number of anilines is 2. The second kappa shape index (κ2) is 8.87. The van der Waals surface area contributed by atoms with Crippen molar-refractivity contribution in [2.24, 2.45) is 5.41 Å². The average Bonchev–Trinajstić information content (AvgIpc) is 2.58. The van der Waals surface area contributed by atoms with Gasteiger partial charge in [-0.3, -0.25) is 4.18 Å². The van der Waals surface area contributed by atoms with Crippen LogP contribution < -0.4 is 10.6 Å². The zero-order valence-electron chi connectivity index (χ0n) is 17.2. The topological polar surface area (TPSA) is 98.4 Å². The maximum absolute atomic E-state index is 11.2. The lowest BCUT2D eigenvalue weighted by atomic mass is 9.95. The monoisotopic (exact) mass is 406 g/mol. The number of hydrogen-bond acceptors (Lipinski definition) is 7. The Kier molecular flexibility index (Phi) is 7.01. The van der Waals surface area contributed by atoms with E-state index in [1.54, 1.807) is 6.20 Å². The predicted molar refractivity (Wildman–Crippen MR) is 113 cm³/mol. The van der Waals surface area contributed by atoms with Crippen LogP contribution in [0.1, 0.15) is 44.7 Å². The second-order valence-electron chi connectivity index (χ2n) is 8.32. The lowest BCUT2D eigenvalue weighted by Gasteiger charge is -2.31. The Labute approximate surface area is 168 Å². The largest absolute Gasteiger partial charge is 0.368 e. The molecule has 0 spiro atoms. The maximum Gasteiger partial charge on any atom is 0.264 e. The SMILES string of the molecule is C[C@@H](COS(C)(=O)=O)c1ccc(CN(CC(C)(C)C)c2ccnc(N)n2)cc1. The fraction of sp³-hybridized carbons (Fsp3) is 0.500. The van der Waals surface area contributed by atoms with Crippen molar-refractivity contribution >= 4 is 21.9 Å². The minimum atomic E-state index is -3.43. The summed E-state index contributed by atoms with van der Waals surface area (Å²) in [5.74, 6) is 1.03. The van der Waals surface area contributed by atoms with E-state index in [0.29, 0.717) is 6.54 Å². The summed E-state index contributed by atoms with van der Waals surface area (Å²) in [6.45, 7) is 10.1. The van der Waals surface area contributed by atoms with E-state index < -0.39 is 10.1 Å². The van der Waals surface area contributed by atoms with Crippen molar-refractivity contribution < 1.29 is 12.6 Å². The minimum absolute atomic E-state index is 0.0175. The van der Waals surface area contributed by atoms with Crippen LogP contribution in [-0.4, -0.2) is 37.8 Å². The molecule has 0 aliphatic heterocycles. The molecule has 1 aromatic carbocycles. The highest BCUT2D eigenvalue weighted by atomic mass is 32.2. The Bertz CT molecular complexity index is 877. The van der Waals surface area contributed by atoms with Gasteiger partial charge in [-0.25, -0.2) is 4.98 Å². The first-order valence-corrected chi connectivity index (χ1v) is 11.0. The van der Waals surface area contributed by atoms with Crippen molar-refractivity contribution in [3.8, 4) is 0 Å². The summed E-state index contributed by atoms with van der Waals surface area (Å²) in [5.41, 5.74) is 8.00. The molecule has 0 unspecified atom stereocenters. The Balaban J connectivity index is 2.14. The normalized spacial score (nSPS) is 13.3. The molecule has 0 amide bonds. The highest BCUT2D eigenvalue weighted by Gasteiger charge is 2.19. The molecule has 2 aromatic rings. The zero-order valence-corrected chi connectivity index (χ0v) is 18.0. The maximum atomic E-state index is 11.2. The molecule has 1 atom stereocenters. The molecular weight excluding hydrogens is 376 g/mol. The quantitative estimate of drug-likeness (QED) is 0.672.